The molecule has 1 aromatic carbocycles. The van der Waals surface area contributed by atoms with Crippen molar-refractivity contribution in [3.8, 4) is 11.5 Å². The first kappa shape index (κ1) is 11.3. The first-order valence-corrected chi connectivity index (χ1v) is 4.66. The van der Waals surface area contributed by atoms with Gasteiger partial charge in [-0.15, -0.1) is 0 Å². The first-order chi connectivity index (χ1) is 8.00. The molecule has 17 heavy (non-hydrogen) atoms. The van der Waals surface area contributed by atoms with Crippen LogP contribution in [0.1, 0.15) is 16.2 Å². The Morgan fingerprint density at radius 1 is 1.41 bits per heavy atom. The van der Waals surface area contributed by atoms with Crippen molar-refractivity contribution in [3.63, 3.8) is 0 Å². The maximum absolute atomic E-state index is 13.4. The van der Waals surface area contributed by atoms with Gasteiger partial charge >= 0.3 is 5.97 Å². The van der Waals surface area contributed by atoms with E-state index in [1.54, 1.807) is 0 Å². The van der Waals surface area contributed by atoms with Gasteiger partial charge in [0.2, 0.25) is 5.89 Å². The predicted molar refractivity (Wildman–Crippen MR) is 53.6 cm³/mol. The number of carboxylic acid groups (broad SMARTS) is 1. The highest BCUT2D eigenvalue weighted by molar-refractivity contribution is 5.87. The molecule has 0 aliphatic heterocycles. The van der Waals surface area contributed by atoms with E-state index in [0.29, 0.717) is 0 Å². The third-order valence-electron chi connectivity index (χ3n) is 2.18. The smallest absolute Gasteiger partial charge is 0.358 e. The highest BCUT2D eigenvalue weighted by Gasteiger charge is 2.20. The lowest BCUT2D eigenvalue weighted by atomic mass is 10.2. The molecule has 0 spiro atoms. The minimum Gasteiger partial charge on any atom is -0.476 e. The lowest BCUT2D eigenvalue weighted by Gasteiger charge is -1.98. The number of hydrogen-bond acceptors (Lipinski definition) is 3. The fourth-order valence-electron chi connectivity index (χ4n) is 1.38. The van der Waals surface area contributed by atoms with Gasteiger partial charge in [0.05, 0.1) is 5.56 Å². The van der Waals surface area contributed by atoms with E-state index in [-0.39, 0.29) is 22.9 Å². The number of oxazole rings is 1. The average molecular weight is 239 g/mol. The molecule has 0 amide bonds. The third kappa shape index (κ3) is 1.89. The van der Waals surface area contributed by atoms with E-state index in [4.69, 9.17) is 9.52 Å². The van der Waals surface area contributed by atoms with Crippen LogP contribution in [0.2, 0.25) is 0 Å². The van der Waals surface area contributed by atoms with Gasteiger partial charge in [-0.05, 0) is 19.1 Å². The highest BCUT2D eigenvalue weighted by Crippen LogP contribution is 2.25. The Kier molecular flexibility index (Phi) is 2.63. The summed E-state index contributed by atoms with van der Waals surface area (Å²) in [6.07, 6.45) is 0. The zero-order chi connectivity index (χ0) is 12.6. The molecular weight excluding hydrogens is 232 g/mol. The molecule has 2 aromatic rings. The molecule has 1 heterocycles. The van der Waals surface area contributed by atoms with Crippen LogP contribution < -0.4 is 0 Å². The summed E-state index contributed by atoms with van der Waals surface area (Å²) < 4.78 is 31.4. The molecule has 1 N–H and O–H groups in total. The van der Waals surface area contributed by atoms with Gasteiger partial charge in [0.15, 0.2) is 17.3 Å². The van der Waals surface area contributed by atoms with Crippen LogP contribution in [0.3, 0.4) is 0 Å². The van der Waals surface area contributed by atoms with Crippen LogP contribution in [0, 0.1) is 18.6 Å². The quantitative estimate of drug-likeness (QED) is 0.874. The Morgan fingerprint density at radius 3 is 2.71 bits per heavy atom. The second-order valence-electron chi connectivity index (χ2n) is 3.33. The number of rotatable bonds is 2. The zero-order valence-electron chi connectivity index (χ0n) is 8.70. The van der Waals surface area contributed by atoms with Crippen molar-refractivity contribution in [1.82, 2.24) is 4.98 Å². The molecule has 0 fully saturated rings. The molecule has 0 unspecified atom stereocenters. The Hall–Kier alpha value is -2.24. The normalized spacial score (nSPS) is 10.5. The van der Waals surface area contributed by atoms with Crippen molar-refractivity contribution in [1.29, 1.82) is 0 Å². The van der Waals surface area contributed by atoms with Crippen LogP contribution in [0.15, 0.2) is 22.6 Å². The van der Waals surface area contributed by atoms with Gasteiger partial charge in [0.25, 0.3) is 0 Å². The lowest BCUT2D eigenvalue weighted by molar-refractivity contribution is 0.0689. The number of halogens is 2. The topological polar surface area (TPSA) is 63.3 Å². The number of benzene rings is 1. The van der Waals surface area contributed by atoms with E-state index < -0.39 is 17.6 Å². The first-order valence-electron chi connectivity index (χ1n) is 4.66. The molecule has 0 atom stereocenters. The summed E-state index contributed by atoms with van der Waals surface area (Å²) in [7, 11) is 0. The largest absolute Gasteiger partial charge is 0.476 e. The fourth-order valence-corrected chi connectivity index (χ4v) is 1.38. The Balaban J connectivity index is 2.58. The molecule has 0 aliphatic carbocycles. The van der Waals surface area contributed by atoms with Crippen molar-refractivity contribution in [3.05, 3.63) is 41.3 Å². The van der Waals surface area contributed by atoms with Crippen LogP contribution in [-0.4, -0.2) is 16.1 Å². The lowest BCUT2D eigenvalue weighted by Crippen LogP contribution is -1.98. The van der Waals surface area contributed by atoms with Crippen molar-refractivity contribution < 1.29 is 23.1 Å². The van der Waals surface area contributed by atoms with Crippen LogP contribution in [0.25, 0.3) is 11.5 Å². The molecule has 88 valence electrons. The average Bonchev–Trinajstić information content (AvgIpc) is 2.64. The minimum absolute atomic E-state index is 0.0381. The van der Waals surface area contributed by atoms with Crippen molar-refractivity contribution in [2.75, 3.05) is 0 Å². The summed E-state index contributed by atoms with van der Waals surface area (Å²) >= 11 is 0. The van der Waals surface area contributed by atoms with Crippen LogP contribution in [0.5, 0.6) is 0 Å². The second kappa shape index (κ2) is 3.97. The van der Waals surface area contributed by atoms with Crippen molar-refractivity contribution in [2.24, 2.45) is 0 Å². The van der Waals surface area contributed by atoms with Gasteiger partial charge in [-0.3, -0.25) is 0 Å². The van der Waals surface area contributed by atoms with Gasteiger partial charge in [0, 0.05) is 0 Å². The fraction of sp³-hybridized carbons (Fsp3) is 0.0909. The Bertz CT molecular complexity index is 592. The van der Waals surface area contributed by atoms with Crippen LogP contribution in [0.4, 0.5) is 8.78 Å². The number of aromatic nitrogens is 1. The molecule has 6 heteroatoms. The van der Waals surface area contributed by atoms with Gasteiger partial charge in [0.1, 0.15) is 5.76 Å². The third-order valence-corrected chi connectivity index (χ3v) is 2.18. The summed E-state index contributed by atoms with van der Waals surface area (Å²) in [5.74, 6) is -3.66. The van der Waals surface area contributed by atoms with Crippen molar-refractivity contribution in [2.45, 2.75) is 6.92 Å². The standard InChI is InChI=1S/C11H7F2NO3/c1-5-9(11(15)16)14-10(17-5)6-3-2-4-7(12)8(6)13/h2-4H,1H3,(H,15,16). The van der Waals surface area contributed by atoms with E-state index in [0.717, 1.165) is 6.07 Å². The minimum atomic E-state index is -1.28. The SMILES string of the molecule is Cc1oc(-c2cccc(F)c2F)nc1C(=O)O. The summed E-state index contributed by atoms with van der Waals surface area (Å²) in [5, 5.41) is 8.76. The molecule has 0 aliphatic rings. The van der Waals surface area contributed by atoms with E-state index >= 15 is 0 Å². The maximum Gasteiger partial charge on any atom is 0.358 e. The molecule has 0 saturated heterocycles. The molecule has 1 aromatic heterocycles. The Labute approximate surface area is 94.5 Å². The molecular formula is C11H7F2NO3. The van der Waals surface area contributed by atoms with Crippen molar-refractivity contribution >= 4 is 5.97 Å². The summed E-state index contributed by atoms with van der Waals surface area (Å²) in [6.45, 7) is 1.39. The highest BCUT2D eigenvalue weighted by atomic mass is 19.2. The van der Waals surface area contributed by atoms with Crippen LogP contribution in [-0.2, 0) is 0 Å². The number of carbonyl (C=O) groups is 1. The van der Waals surface area contributed by atoms with Gasteiger partial charge in [-0.1, -0.05) is 6.07 Å². The Morgan fingerprint density at radius 2 is 2.12 bits per heavy atom. The van der Waals surface area contributed by atoms with E-state index in [2.05, 4.69) is 4.98 Å². The molecule has 4 nitrogen and oxygen atoms in total. The number of aryl methyl sites for hydroxylation is 1. The van der Waals surface area contributed by atoms with E-state index in [1.807, 2.05) is 0 Å². The monoisotopic (exact) mass is 239 g/mol. The summed E-state index contributed by atoms with van der Waals surface area (Å²) in [5.41, 5.74) is -0.524. The van der Waals surface area contributed by atoms with E-state index in [1.165, 1.54) is 19.1 Å². The molecule has 2 rings (SSSR count). The van der Waals surface area contributed by atoms with Crippen LogP contribution >= 0.6 is 0 Å². The van der Waals surface area contributed by atoms with Gasteiger partial charge < -0.3 is 9.52 Å². The maximum atomic E-state index is 13.4. The number of carboxylic acids is 1. The summed E-state index contributed by atoms with van der Waals surface area (Å²) in [4.78, 5) is 14.3. The van der Waals surface area contributed by atoms with Gasteiger partial charge in [-0.2, -0.15) is 0 Å². The summed E-state index contributed by atoms with van der Waals surface area (Å²) in [6, 6.07) is 3.50. The second-order valence-corrected chi connectivity index (χ2v) is 3.33. The molecule has 0 radical (unpaired) electrons. The number of aromatic carboxylic acids is 1. The van der Waals surface area contributed by atoms with E-state index in [9.17, 15) is 13.6 Å². The predicted octanol–water partition coefficient (Wildman–Crippen LogP) is 2.63. The molecule has 0 saturated carbocycles. The number of nitrogens with zero attached hydrogens (tertiary/aromatic N) is 1. The zero-order valence-corrected chi connectivity index (χ0v) is 8.70. The molecule has 0 bridgehead atoms. The van der Waals surface area contributed by atoms with Gasteiger partial charge in [-0.25, -0.2) is 18.6 Å². The number of hydrogen-bond donors (Lipinski definition) is 1.